The van der Waals surface area contributed by atoms with Gasteiger partial charge in [-0.25, -0.2) is 39.0 Å². The van der Waals surface area contributed by atoms with Gasteiger partial charge >= 0.3 is 15.6 Å². The van der Waals surface area contributed by atoms with Gasteiger partial charge in [-0.15, -0.1) is 0 Å². The second kappa shape index (κ2) is 16.4. The van der Waals surface area contributed by atoms with E-state index in [1.54, 1.807) is 4.57 Å². The number of nitrogen functional groups attached to an aromatic ring is 2. The lowest BCUT2D eigenvalue weighted by Crippen LogP contribution is -2.38. The smallest absolute Gasteiger partial charge is 0.382 e. The fraction of sp³-hybridized carbons (Fsp3) is 0.615. The zero-order valence-electron chi connectivity index (χ0n) is 27.8. The first-order chi connectivity index (χ1) is 24.9. The van der Waals surface area contributed by atoms with Crippen LogP contribution in [0.5, 0.6) is 0 Å². The van der Waals surface area contributed by atoms with Crippen LogP contribution in [-0.2, 0) is 51.1 Å². The summed E-state index contributed by atoms with van der Waals surface area (Å²) in [7, 11) is -7.07. The number of anilines is 2. The van der Waals surface area contributed by atoms with Gasteiger partial charge in [0.2, 0.25) is 0 Å². The minimum atomic E-state index is -5.03. The van der Waals surface area contributed by atoms with Crippen LogP contribution in [0.2, 0.25) is 0 Å². The minimum Gasteiger partial charge on any atom is -0.382 e. The van der Waals surface area contributed by atoms with Gasteiger partial charge in [0, 0.05) is 20.6 Å². The number of aromatic nitrogens is 8. The molecule has 2 saturated heterocycles. The zero-order chi connectivity index (χ0) is 37.0. The molecule has 6 heterocycles. The van der Waals surface area contributed by atoms with Crippen LogP contribution >= 0.6 is 15.6 Å². The molecule has 2 fully saturated rings. The Balaban J connectivity index is 1.21. The lowest BCUT2D eigenvalue weighted by atomic mass is 10.1. The van der Waals surface area contributed by atoms with E-state index in [1.165, 1.54) is 44.1 Å². The van der Waals surface area contributed by atoms with Crippen molar-refractivity contribution in [3.05, 3.63) is 25.3 Å². The van der Waals surface area contributed by atoms with Crippen molar-refractivity contribution in [2.24, 2.45) is 0 Å². The second-order valence-corrected chi connectivity index (χ2v) is 14.1. The molecular weight excluding hydrogens is 738 g/mol. The summed E-state index contributed by atoms with van der Waals surface area (Å²) in [6.07, 6.45) is -1.98. The van der Waals surface area contributed by atoms with Crippen LogP contribution in [0, 0.1) is 0 Å². The fourth-order valence-corrected chi connectivity index (χ4v) is 7.10. The van der Waals surface area contributed by atoms with Crippen LogP contribution in [0.3, 0.4) is 0 Å². The molecule has 3 unspecified atom stereocenters. The first kappa shape index (κ1) is 38.4. The Morgan fingerprint density at radius 2 is 1.37 bits per heavy atom. The van der Waals surface area contributed by atoms with Crippen molar-refractivity contribution in [1.82, 2.24) is 39.0 Å². The highest BCUT2D eigenvalue weighted by Crippen LogP contribution is 2.51. The van der Waals surface area contributed by atoms with Gasteiger partial charge in [0.15, 0.2) is 35.4 Å². The van der Waals surface area contributed by atoms with Crippen molar-refractivity contribution < 1.29 is 65.8 Å². The standard InChI is InChI=1S/C26H38N10O14P2/c1-42-3-5-44-15-7-14(48-25(15)35-12-33-17-21(27)29-10-31-23(17)35)8-47-52(40,41)50-19-16(9-46-51(37,38)39)49-26(20(19)45-6-4-43-2)36-13-34-18-22(28)30-11-32-24(18)36/h10-16,19-20,25-26H,3-9H2,1-2H3,(H,40,41)(H2,27,29,31)(H2,28,30,32)(H2,37,38,39)/t14-,15-,16+,19?,20-,25+,26?/m0/s1. The summed E-state index contributed by atoms with van der Waals surface area (Å²) >= 11 is 0. The molecule has 0 amide bonds. The normalized spacial score (nSPS) is 26.4. The van der Waals surface area contributed by atoms with Gasteiger partial charge in [0.1, 0.15) is 48.1 Å². The molecule has 4 aromatic heterocycles. The number of hydrogen-bond donors (Lipinski definition) is 5. The number of hydrogen-bond acceptors (Lipinski definition) is 19. The zero-order valence-corrected chi connectivity index (χ0v) is 29.5. The lowest BCUT2D eigenvalue weighted by molar-refractivity contribution is -0.0810. The van der Waals surface area contributed by atoms with Gasteiger partial charge in [0.05, 0.1) is 58.4 Å². The van der Waals surface area contributed by atoms with E-state index >= 15 is 0 Å². The first-order valence-electron chi connectivity index (χ1n) is 15.6. The van der Waals surface area contributed by atoms with Crippen molar-refractivity contribution in [2.75, 3.05) is 65.3 Å². The van der Waals surface area contributed by atoms with Gasteiger partial charge in [0.25, 0.3) is 0 Å². The molecule has 7 N–H and O–H groups in total. The third-order valence-corrected chi connectivity index (χ3v) is 9.53. The summed E-state index contributed by atoms with van der Waals surface area (Å²) < 4.78 is 78.6. The molecule has 52 heavy (non-hydrogen) atoms. The van der Waals surface area contributed by atoms with Crippen molar-refractivity contribution in [1.29, 1.82) is 0 Å². The molecule has 0 saturated carbocycles. The molecule has 2 aliphatic heterocycles. The molecule has 0 aromatic carbocycles. The van der Waals surface area contributed by atoms with Gasteiger partial charge in [-0.05, 0) is 0 Å². The number of fused-ring (bicyclic) bond motifs is 2. The third-order valence-electron chi connectivity index (χ3n) is 8.06. The molecular formula is C26H38N10O14P2. The van der Waals surface area contributed by atoms with Crippen molar-refractivity contribution >= 4 is 49.6 Å². The maximum atomic E-state index is 13.6. The Labute approximate surface area is 294 Å². The average molecular weight is 777 g/mol. The molecule has 4 aromatic rings. The monoisotopic (exact) mass is 776 g/mol. The van der Waals surface area contributed by atoms with Gasteiger partial charge in [-0.2, -0.15) is 0 Å². The topological polar surface area (TPSA) is 317 Å². The molecule has 0 spiro atoms. The Bertz CT molecular complexity index is 1910. The Morgan fingerprint density at radius 3 is 1.96 bits per heavy atom. The summed E-state index contributed by atoms with van der Waals surface area (Å²) in [4.78, 5) is 54.8. The molecule has 0 radical (unpaired) electrons. The number of phosphoric ester groups is 2. The molecule has 0 bridgehead atoms. The molecule has 8 atom stereocenters. The van der Waals surface area contributed by atoms with E-state index in [0.29, 0.717) is 17.8 Å². The first-order valence-corrected chi connectivity index (χ1v) is 18.7. The van der Waals surface area contributed by atoms with Crippen LogP contribution in [0.25, 0.3) is 22.3 Å². The van der Waals surface area contributed by atoms with E-state index in [-0.39, 0.29) is 49.0 Å². The van der Waals surface area contributed by atoms with E-state index in [0.717, 1.165) is 0 Å². The SMILES string of the molecule is COCCO[C@H]1C(OP(=O)(O)OC[C@@H]2C[C@H](OCCOC)[C@H](n3cnc4c(N)ncnc43)O2)[C@@H](COP(=O)(O)O)OC1n1cnc2c(N)ncnc21. The predicted molar refractivity (Wildman–Crippen MR) is 174 cm³/mol. The maximum Gasteiger partial charge on any atom is 0.472 e. The number of imidazole rings is 2. The summed E-state index contributed by atoms with van der Waals surface area (Å²) in [6, 6.07) is 0. The van der Waals surface area contributed by atoms with Crippen LogP contribution in [0.15, 0.2) is 25.3 Å². The Kier molecular flexibility index (Phi) is 12.1. The number of rotatable bonds is 18. The molecule has 24 nitrogen and oxygen atoms in total. The molecule has 26 heteroatoms. The quantitative estimate of drug-likeness (QED) is 0.0639. The highest BCUT2D eigenvalue weighted by Gasteiger charge is 2.52. The van der Waals surface area contributed by atoms with E-state index in [1.807, 2.05) is 0 Å². The minimum absolute atomic E-state index is 0.0471. The number of nitrogens with two attached hydrogens (primary N) is 2. The van der Waals surface area contributed by atoms with Crippen LogP contribution in [0.4, 0.5) is 11.6 Å². The predicted octanol–water partition coefficient (Wildman–Crippen LogP) is -0.310. The summed E-state index contributed by atoms with van der Waals surface area (Å²) in [5.74, 6) is 0.241. The van der Waals surface area contributed by atoms with Gasteiger partial charge < -0.3 is 54.6 Å². The van der Waals surface area contributed by atoms with Gasteiger partial charge in [-0.3, -0.25) is 22.7 Å². The van der Waals surface area contributed by atoms with Crippen LogP contribution in [0.1, 0.15) is 18.9 Å². The molecule has 6 rings (SSSR count). The Morgan fingerprint density at radius 1 is 0.769 bits per heavy atom. The molecule has 0 aliphatic carbocycles. The number of nitrogens with zero attached hydrogens (tertiary/aromatic N) is 8. The third kappa shape index (κ3) is 8.72. The van der Waals surface area contributed by atoms with Crippen LogP contribution in [-0.4, -0.2) is 138 Å². The van der Waals surface area contributed by atoms with E-state index in [4.69, 9.17) is 53.5 Å². The second-order valence-electron chi connectivity index (χ2n) is 11.5. The highest BCUT2D eigenvalue weighted by atomic mass is 31.2. The number of ether oxygens (including phenoxy) is 6. The van der Waals surface area contributed by atoms with Crippen molar-refractivity contribution in [2.45, 2.75) is 49.4 Å². The van der Waals surface area contributed by atoms with Crippen molar-refractivity contribution in [3.8, 4) is 0 Å². The largest absolute Gasteiger partial charge is 0.472 e. The maximum absolute atomic E-state index is 13.6. The summed E-state index contributed by atoms with van der Waals surface area (Å²) in [5, 5.41) is 0. The molecule has 286 valence electrons. The number of methoxy groups -OCH3 is 2. The summed E-state index contributed by atoms with van der Waals surface area (Å²) in [5.41, 5.74) is 13.1. The van der Waals surface area contributed by atoms with E-state index in [9.17, 15) is 23.8 Å². The van der Waals surface area contributed by atoms with E-state index in [2.05, 4.69) is 29.9 Å². The Hall–Kier alpha value is -3.32. The molecule has 2 aliphatic rings. The summed E-state index contributed by atoms with van der Waals surface area (Å²) in [6.45, 7) is -0.656. The number of phosphoric acid groups is 2. The lowest BCUT2D eigenvalue weighted by Gasteiger charge is -2.26. The van der Waals surface area contributed by atoms with Crippen LogP contribution < -0.4 is 11.5 Å². The fourth-order valence-electron chi connectivity index (χ4n) is 5.78. The highest BCUT2D eigenvalue weighted by molar-refractivity contribution is 7.47. The average Bonchev–Trinajstić information content (AvgIpc) is 3.88. The van der Waals surface area contributed by atoms with Gasteiger partial charge in [-0.1, -0.05) is 0 Å². The van der Waals surface area contributed by atoms with Crippen molar-refractivity contribution in [3.63, 3.8) is 0 Å². The van der Waals surface area contributed by atoms with E-state index < -0.39 is 71.8 Å².